The maximum absolute atomic E-state index is 9.20. The van der Waals surface area contributed by atoms with Gasteiger partial charge in [-0.05, 0) is 12.8 Å². The monoisotopic (exact) mass is 223 g/mol. The van der Waals surface area contributed by atoms with Crippen molar-refractivity contribution in [3.05, 3.63) is 6.07 Å². The van der Waals surface area contributed by atoms with Gasteiger partial charge in [-0.3, -0.25) is 0 Å². The molecule has 1 heterocycles. The number of aliphatic hydroxyl groups is 1. The Labute approximate surface area is 94.1 Å². The Morgan fingerprint density at radius 2 is 2.19 bits per heavy atom. The number of rotatable bonds is 3. The summed E-state index contributed by atoms with van der Waals surface area (Å²) >= 11 is 0. The first kappa shape index (κ1) is 10.9. The molecule has 2 rings (SSSR count). The van der Waals surface area contributed by atoms with E-state index in [4.69, 9.17) is 11.5 Å². The first-order valence-corrected chi connectivity index (χ1v) is 5.46. The van der Waals surface area contributed by atoms with Gasteiger partial charge < -0.3 is 21.9 Å². The van der Waals surface area contributed by atoms with Crippen molar-refractivity contribution in [1.29, 1.82) is 0 Å². The van der Waals surface area contributed by atoms with E-state index in [0.29, 0.717) is 11.6 Å². The van der Waals surface area contributed by atoms with Crippen LogP contribution < -0.4 is 16.8 Å². The highest BCUT2D eigenvalue weighted by atomic mass is 16.3. The molecule has 2 unspecified atom stereocenters. The Balaban J connectivity index is 2.08. The fraction of sp³-hybridized carbons (Fsp3) is 0.600. The number of nitrogen functional groups attached to an aromatic ring is 2. The molecule has 0 aliphatic heterocycles. The topological polar surface area (TPSA) is 110 Å². The molecule has 88 valence electrons. The standard InChI is InChI=1S/C10H17N5O/c11-8-4-9(15-10(12)14-8)13-7-3-1-2-6(7)5-16/h4,6-7,16H,1-3,5H2,(H5,11,12,13,14,15). The molecule has 1 saturated carbocycles. The molecule has 6 heteroatoms. The van der Waals surface area contributed by atoms with E-state index in [1.54, 1.807) is 6.07 Å². The SMILES string of the molecule is Nc1cc(NC2CCCC2CO)nc(N)n1. The van der Waals surface area contributed by atoms with Crippen LogP contribution in [0.2, 0.25) is 0 Å². The molecule has 0 bridgehead atoms. The van der Waals surface area contributed by atoms with Gasteiger partial charge in [-0.1, -0.05) is 6.42 Å². The zero-order valence-corrected chi connectivity index (χ0v) is 9.06. The van der Waals surface area contributed by atoms with Crippen molar-refractivity contribution in [3.63, 3.8) is 0 Å². The van der Waals surface area contributed by atoms with Crippen LogP contribution in [-0.4, -0.2) is 27.7 Å². The van der Waals surface area contributed by atoms with E-state index in [0.717, 1.165) is 19.3 Å². The van der Waals surface area contributed by atoms with Gasteiger partial charge in [-0.25, -0.2) is 0 Å². The molecule has 0 saturated heterocycles. The normalized spacial score (nSPS) is 24.6. The summed E-state index contributed by atoms with van der Waals surface area (Å²) in [6.45, 7) is 0.202. The fourth-order valence-electron chi connectivity index (χ4n) is 2.19. The third kappa shape index (κ3) is 2.33. The third-order valence-electron chi connectivity index (χ3n) is 2.99. The van der Waals surface area contributed by atoms with E-state index in [1.165, 1.54) is 0 Å². The predicted octanol–water partition coefficient (Wildman–Crippen LogP) is 0.214. The second-order valence-electron chi connectivity index (χ2n) is 4.16. The number of nitrogens with one attached hydrogen (secondary N) is 1. The first-order chi connectivity index (χ1) is 7.69. The average Bonchev–Trinajstić information content (AvgIpc) is 2.63. The summed E-state index contributed by atoms with van der Waals surface area (Å²) in [4.78, 5) is 7.86. The summed E-state index contributed by atoms with van der Waals surface area (Å²) < 4.78 is 0. The van der Waals surface area contributed by atoms with E-state index in [1.807, 2.05) is 0 Å². The number of nitrogens with zero attached hydrogens (tertiary/aromatic N) is 2. The second kappa shape index (κ2) is 4.52. The zero-order chi connectivity index (χ0) is 11.5. The molecule has 16 heavy (non-hydrogen) atoms. The summed E-state index contributed by atoms with van der Waals surface area (Å²) in [5.74, 6) is 1.45. The van der Waals surface area contributed by atoms with E-state index >= 15 is 0 Å². The van der Waals surface area contributed by atoms with Gasteiger partial charge in [-0.2, -0.15) is 9.97 Å². The molecule has 0 spiro atoms. The first-order valence-electron chi connectivity index (χ1n) is 5.46. The molecule has 0 aromatic carbocycles. The van der Waals surface area contributed by atoms with Crippen LogP contribution in [0.25, 0.3) is 0 Å². The predicted molar refractivity (Wildman–Crippen MR) is 62.7 cm³/mol. The van der Waals surface area contributed by atoms with Gasteiger partial charge in [0.05, 0.1) is 0 Å². The molecule has 2 atom stereocenters. The Hall–Kier alpha value is -1.56. The number of anilines is 3. The van der Waals surface area contributed by atoms with Gasteiger partial charge in [0, 0.05) is 24.6 Å². The van der Waals surface area contributed by atoms with Crippen LogP contribution in [0.4, 0.5) is 17.6 Å². The van der Waals surface area contributed by atoms with Crippen LogP contribution >= 0.6 is 0 Å². The lowest BCUT2D eigenvalue weighted by Gasteiger charge is -2.19. The molecule has 6 N–H and O–H groups in total. The number of nitrogens with two attached hydrogens (primary N) is 2. The van der Waals surface area contributed by atoms with Gasteiger partial charge in [0.2, 0.25) is 5.95 Å². The molecular formula is C10H17N5O. The minimum atomic E-state index is 0.168. The van der Waals surface area contributed by atoms with Crippen LogP contribution in [0.1, 0.15) is 19.3 Å². The highest BCUT2D eigenvalue weighted by Crippen LogP contribution is 2.27. The van der Waals surface area contributed by atoms with Crippen LogP contribution in [0.3, 0.4) is 0 Å². The van der Waals surface area contributed by atoms with Crippen LogP contribution in [0.15, 0.2) is 6.07 Å². The zero-order valence-electron chi connectivity index (χ0n) is 9.06. The van der Waals surface area contributed by atoms with Crippen molar-refractivity contribution in [2.75, 3.05) is 23.4 Å². The average molecular weight is 223 g/mol. The quantitative estimate of drug-likeness (QED) is 0.583. The Morgan fingerprint density at radius 3 is 2.88 bits per heavy atom. The second-order valence-corrected chi connectivity index (χ2v) is 4.16. The van der Waals surface area contributed by atoms with Gasteiger partial charge >= 0.3 is 0 Å². The summed E-state index contributed by atoms with van der Waals surface area (Å²) in [6, 6.07) is 1.90. The Kier molecular flexibility index (Phi) is 3.09. The molecular weight excluding hydrogens is 206 g/mol. The van der Waals surface area contributed by atoms with Crippen molar-refractivity contribution in [3.8, 4) is 0 Å². The van der Waals surface area contributed by atoms with Crippen molar-refractivity contribution in [2.45, 2.75) is 25.3 Å². The molecule has 0 radical (unpaired) electrons. The van der Waals surface area contributed by atoms with Gasteiger partial charge in [0.15, 0.2) is 0 Å². The lowest BCUT2D eigenvalue weighted by Crippen LogP contribution is -2.27. The molecule has 1 aromatic heterocycles. The maximum atomic E-state index is 9.20. The maximum Gasteiger partial charge on any atom is 0.223 e. The van der Waals surface area contributed by atoms with Gasteiger partial charge in [0.25, 0.3) is 0 Å². The number of hydrogen-bond donors (Lipinski definition) is 4. The van der Waals surface area contributed by atoms with Crippen molar-refractivity contribution in [1.82, 2.24) is 9.97 Å². The van der Waals surface area contributed by atoms with Gasteiger partial charge in [0.1, 0.15) is 11.6 Å². The highest BCUT2D eigenvalue weighted by molar-refractivity contribution is 5.49. The summed E-state index contributed by atoms with van der Waals surface area (Å²) in [5, 5.41) is 12.5. The van der Waals surface area contributed by atoms with Crippen LogP contribution in [0.5, 0.6) is 0 Å². The summed E-state index contributed by atoms with van der Waals surface area (Å²) in [7, 11) is 0. The number of hydrogen-bond acceptors (Lipinski definition) is 6. The fourth-order valence-corrected chi connectivity index (χ4v) is 2.19. The van der Waals surface area contributed by atoms with Gasteiger partial charge in [-0.15, -0.1) is 0 Å². The lowest BCUT2D eigenvalue weighted by molar-refractivity contribution is 0.222. The van der Waals surface area contributed by atoms with Crippen molar-refractivity contribution >= 4 is 17.6 Å². The van der Waals surface area contributed by atoms with E-state index < -0.39 is 0 Å². The number of aromatic nitrogens is 2. The van der Waals surface area contributed by atoms with Crippen LogP contribution in [-0.2, 0) is 0 Å². The highest BCUT2D eigenvalue weighted by Gasteiger charge is 2.26. The Bertz CT molecular complexity index is 350. The molecule has 1 fully saturated rings. The number of aliphatic hydroxyl groups excluding tert-OH is 1. The summed E-state index contributed by atoms with van der Waals surface area (Å²) in [6.07, 6.45) is 3.21. The smallest absolute Gasteiger partial charge is 0.223 e. The molecule has 1 aromatic rings. The molecule has 1 aliphatic rings. The minimum absolute atomic E-state index is 0.168. The largest absolute Gasteiger partial charge is 0.396 e. The summed E-state index contributed by atoms with van der Waals surface area (Å²) in [5.41, 5.74) is 11.1. The van der Waals surface area contributed by atoms with Crippen molar-refractivity contribution in [2.24, 2.45) is 5.92 Å². The molecule has 0 amide bonds. The van der Waals surface area contributed by atoms with Crippen molar-refractivity contribution < 1.29 is 5.11 Å². The van der Waals surface area contributed by atoms with E-state index in [2.05, 4.69) is 15.3 Å². The Morgan fingerprint density at radius 1 is 1.38 bits per heavy atom. The lowest BCUT2D eigenvalue weighted by atomic mass is 10.1. The molecule has 6 nitrogen and oxygen atoms in total. The van der Waals surface area contributed by atoms with E-state index in [9.17, 15) is 5.11 Å². The van der Waals surface area contributed by atoms with Crippen LogP contribution in [0, 0.1) is 5.92 Å². The van der Waals surface area contributed by atoms with E-state index in [-0.39, 0.29) is 24.5 Å². The minimum Gasteiger partial charge on any atom is -0.396 e. The third-order valence-corrected chi connectivity index (χ3v) is 2.99. The molecule has 1 aliphatic carbocycles.